The van der Waals surface area contributed by atoms with Gasteiger partial charge in [-0.15, -0.1) is 5.75 Å². The first-order chi connectivity index (χ1) is 12.4. The maximum absolute atomic E-state index is 11.6. The van der Waals surface area contributed by atoms with Crippen molar-refractivity contribution in [1.29, 1.82) is 0 Å². The second-order valence-corrected chi connectivity index (χ2v) is 7.74. The monoisotopic (exact) mass is 400 g/mol. The van der Waals surface area contributed by atoms with Crippen molar-refractivity contribution >= 4 is 10.1 Å². The normalized spacial score (nSPS) is 11.0. The number of benzene rings is 2. The molecule has 0 aliphatic rings. The van der Waals surface area contributed by atoms with E-state index >= 15 is 0 Å². The summed E-state index contributed by atoms with van der Waals surface area (Å²) in [5.41, 5.74) is 0.948. The van der Waals surface area contributed by atoms with Gasteiger partial charge >= 0.3 is 29.6 Å². The van der Waals surface area contributed by atoms with Gasteiger partial charge in [-0.3, -0.25) is 4.55 Å². The van der Waals surface area contributed by atoms with E-state index in [-0.39, 0.29) is 46.0 Å². The van der Waals surface area contributed by atoms with Crippen molar-refractivity contribution in [2.75, 3.05) is 0 Å². The molecule has 2 aromatic rings. The van der Waals surface area contributed by atoms with E-state index in [4.69, 9.17) is 4.74 Å². The van der Waals surface area contributed by atoms with Crippen LogP contribution in [-0.4, -0.2) is 13.0 Å². The van der Waals surface area contributed by atoms with E-state index in [0.29, 0.717) is 5.75 Å². The molecule has 5 nitrogen and oxygen atoms in total. The van der Waals surface area contributed by atoms with Gasteiger partial charge in [-0.05, 0) is 42.7 Å². The Balaban J connectivity index is 0.00000364. The van der Waals surface area contributed by atoms with Gasteiger partial charge in [-0.25, -0.2) is 0 Å². The zero-order chi connectivity index (χ0) is 19.0. The predicted molar refractivity (Wildman–Crippen MR) is 99.3 cm³/mol. The van der Waals surface area contributed by atoms with Crippen molar-refractivity contribution in [2.45, 2.75) is 56.8 Å². The van der Waals surface area contributed by atoms with Crippen molar-refractivity contribution in [1.82, 2.24) is 0 Å². The van der Waals surface area contributed by atoms with Gasteiger partial charge in [-0.1, -0.05) is 57.2 Å². The van der Waals surface area contributed by atoms with Crippen LogP contribution in [0.4, 0.5) is 0 Å². The second kappa shape index (κ2) is 11.7. The van der Waals surface area contributed by atoms with E-state index in [9.17, 15) is 18.1 Å². The molecule has 0 aliphatic heterocycles. The Morgan fingerprint density at radius 3 is 2.22 bits per heavy atom. The molecule has 0 aliphatic carbocycles. The zero-order valence-electron chi connectivity index (χ0n) is 16.0. The first-order valence-electron chi connectivity index (χ1n) is 8.95. The van der Waals surface area contributed by atoms with Crippen molar-refractivity contribution in [3.63, 3.8) is 0 Å². The minimum absolute atomic E-state index is 0. The summed E-state index contributed by atoms with van der Waals surface area (Å²) in [6.45, 7) is 2.18. The molecule has 0 fully saturated rings. The summed E-state index contributed by atoms with van der Waals surface area (Å²) in [6, 6.07) is 10.3. The molecule has 0 unspecified atom stereocenters. The average Bonchev–Trinajstić information content (AvgIpc) is 2.59. The smallest absolute Gasteiger partial charge is 0.872 e. The van der Waals surface area contributed by atoms with E-state index in [1.807, 2.05) is 0 Å². The zero-order valence-corrected chi connectivity index (χ0v) is 18.8. The first kappa shape index (κ1) is 24.0. The Kier molecular flexibility index (Phi) is 10.4. The molecule has 0 spiro atoms. The molecule has 142 valence electrons. The summed E-state index contributed by atoms with van der Waals surface area (Å²) in [7, 11) is -4.40. The second-order valence-electron chi connectivity index (χ2n) is 6.35. The van der Waals surface area contributed by atoms with Gasteiger partial charge in [0, 0.05) is 0 Å². The van der Waals surface area contributed by atoms with Gasteiger partial charge in [0.25, 0.3) is 10.1 Å². The van der Waals surface area contributed by atoms with Gasteiger partial charge in [-0.2, -0.15) is 8.42 Å². The minimum atomic E-state index is -4.40. The largest absolute Gasteiger partial charge is 1.00 e. The van der Waals surface area contributed by atoms with Crippen LogP contribution in [-0.2, 0) is 16.5 Å². The van der Waals surface area contributed by atoms with Gasteiger partial charge in [0.1, 0.15) is 16.4 Å². The summed E-state index contributed by atoms with van der Waals surface area (Å²) in [5.74, 6) is 0.241. The SMILES string of the molecule is CCCCCCCCc1ccc(S(=O)(=O)O)c(Oc2ccc([O-])cc2)c1.[Na+]. The average molecular weight is 400 g/mol. The molecular formula is C20H25NaO5S. The molecular weight excluding hydrogens is 375 g/mol. The molecule has 0 bridgehead atoms. The van der Waals surface area contributed by atoms with E-state index in [2.05, 4.69) is 6.92 Å². The van der Waals surface area contributed by atoms with E-state index in [1.165, 1.54) is 56.0 Å². The number of aryl methyl sites for hydroxylation is 1. The van der Waals surface area contributed by atoms with E-state index in [0.717, 1.165) is 24.8 Å². The summed E-state index contributed by atoms with van der Waals surface area (Å²) in [5, 5.41) is 11.2. The molecule has 2 rings (SSSR count). The Hall–Kier alpha value is -1.05. The van der Waals surface area contributed by atoms with Crippen LogP contribution in [0.15, 0.2) is 47.4 Å². The number of rotatable bonds is 10. The number of unbranched alkanes of at least 4 members (excludes halogenated alkanes) is 5. The maximum Gasteiger partial charge on any atom is 1.00 e. The van der Waals surface area contributed by atoms with Crippen LogP contribution in [0.25, 0.3) is 0 Å². The van der Waals surface area contributed by atoms with E-state index < -0.39 is 10.1 Å². The van der Waals surface area contributed by atoms with Crippen molar-refractivity contribution < 1.29 is 52.4 Å². The molecule has 0 radical (unpaired) electrons. The predicted octanol–water partition coefficient (Wildman–Crippen LogP) is 1.71. The standard InChI is InChI=1S/C20H26O5S.Na/c1-2-3-4-5-6-7-8-16-9-14-20(26(22,23)24)19(15-16)25-18-12-10-17(21)11-13-18;/h9-15,21H,2-8H2,1H3,(H,22,23,24);/q;+1/p-1. The van der Waals surface area contributed by atoms with Gasteiger partial charge in [0.15, 0.2) is 0 Å². The third kappa shape index (κ3) is 8.23. The summed E-state index contributed by atoms with van der Waals surface area (Å²) in [4.78, 5) is -0.282. The van der Waals surface area contributed by atoms with Crippen LogP contribution in [0.5, 0.6) is 17.2 Å². The third-order valence-corrected chi connectivity index (χ3v) is 5.05. The number of ether oxygens (including phenoxy) is 1. The fourth-order valence-corrected chi connectivity index (χ4v) is 3.34. The van der Waals surface area contributed by atoms with Crippen LogP contribution < -0.4 is 39.4 Å². The van der Waals surface area contributed by atoms with Crippen molar-refractivity contribution in [2.24, 2.45) is 0 Å². The quantitative estimate of drug-likeness (QED) is 0.373. The molecule has 0 aromatic heterocycles. The molecule has 0 saturated carbocycles. The summed E-state index contributed by atoms with van der Waals surface area (Å²) >= 11 is 0. The molecule has 27 heavy (non-hydrogen) atoms. The maximum atomic E-state index is 11.6. The Bertz CT molecular complexity index is 804. The molecule has 0 saturated heterocycles. The van der Waals surface area contributed by atoms with Crippen molar-refractivity contribution in [3.8, 4) is 17.2 Å². The molecule has 1 N–H and O–H groups in total. The van der Waals surface area contributed by atoms with Crippen molar-refractivity contribution in [3.05, 3.63) is 48.0 Å². The van der Waals surface area contributed by atoms with Gasteiger partial charge < -0.3 is 9.84 Å². The molecule has 0 atom stereocenters. The van der Waals surface area contributed by atoms with Crippen LogP contribution >= 0.6 is 0 Å². The molecule has 0 amide bonds. The Morgan fingerprint density at radius 1 is 0.963 bits per heavy atom. The Labute approximate surface area is 183 Å². The number of hydrogen-bond donors (Lipinski definition) is 1. The molecule has 2 aromatic carbocycles. The van der Waals surface area contributed by atoms with Gasteiger partial charge in [0.05, 0.1) is 0 Å². The first-order valence-corrected chi connectivity index (χ1v) is 10.4. The van der Waals surface area contributed by atoms with Gasteiger partial charge in [0.2, 0.25) is 0 Å². The van der Waals surface area contributed by atoms with Crippen LogP contribution in [0.3, 0.4) is 0 Å². The third-order valence-electron chi connectivity index (χ3n) is 4.16. The minimum Gasteiger partial charge on any atom is -0.872 e. The molecule has 0 heterocycles. The Morgan fingerprint density at radius 2 is 1.59 bits per heavy atom. The number of hydrogen-bond acceptors (Lipinski definition) is 4. The summed E-state index contributed by atoms with van der Waals surface area (Å²) < 4.78 is 38.2. The van der Waals surface area contributed by atoms with Crippen LogP contribution in [0.2, 0.25) is 0 Å². The molecule has 7 heteroatoms. The van der Waals surface area contributed by atoms with Crippen LogP contribution in [0.1, 0.15) is 51.0 Å². The summed E-state index contributed by atoms with van der Waals surface area (Å²) in [6.07, 6.45) is 7.85. The van der Waals surface area contributed by atoms with E-state index in [1.54, 1.807) is 12.1 Å². The topological polar surface area (TPSA) is 86.7 Å². The fraction of sp³-hybridized carbons (Fsp3) is 0.400. The van der Waals surface area contributed by atoms with Crippen LogP contribution in [0, 0.1) is 0 Å². The fourth-order valence-electron chi connectivity index (χ4n) is 2.74.